The largest absolute Gasteiger partial charge is 0.480 e. The number of aliphatic carboxylic acids is 2. The molecule has 2 heterocycles. The highest BCUT2D eigenvalue weighted by atomic mass is 32.2. The third-order valence-corrected chi connectivity index (χ3v) is 9.56. The van der Waals surface area contributed by atoms with Gasteiger partial charge in [0.1, 0.15) is 6.54 Å². The first-order chi connectivity index (χ1) is 20.8. The standard InChI is InChI=1S/C31H32N2O10S2/c1-30(2)22-16-20(44(38,39)40)12-14-24(22)32(18-28(34)35)26(30)10-8-6-5-7-9-11-27-31(3,4)23-17-21(45(41,42)43)13-15-25(23)33(27)19-29(36)37/h5-17H,18-19H2,1-4H3,(H3-,34,35,36,37,38,39,40,41,42,43)/p+1. The lowest BCUT2D eigenvalue weighted by Gasteiger charge is -2.25. The average Bonchev–Trinajstić information content (AvgIpc) is 3.24. The van der Waals surface area contributed by atoms with Crippen LogP contribution in [0.1, 0.15) is 38.8 Å². The fraction of sp³-hybridized carbons (Fsp3) is 0.258. The van der Waals surface area contributed by atoms with Crippen LogP contribution in [-0.2, 0) is 40.7 Å². The van der Waals surface area contributed by atoms with Crippen molar-refractivity contribution in [3.63, 3.8) is 0 Å². The van der Waals surface area contributed by atoms with Crippen LogP contribution in [0.5, 0.6) is 0 Å². The number of hydrogen-bond donors (Lipinski definition) is 4. The number of fused-ring (bicyclic) bond motifs is 2. The third-order valence-electron chi connectivity index (χ3n) is 7.86. The van der Waals surface area contributed by atoms with E-state index in [1.54, 1.807) is 52.0 Å². The van der Waals surface area contributed by atoms with Gasteiger partial charge in [-0.25, -0.2) is 4.79 Å². The SMILES string of the molecule is CC1(C)C(/C=C/C=C/C=C/C=C2/N(CC(=O)O)c3ccc(S(=O)(=O)O)cc3C2(C)C)=[N+](CC(=O)O)c2ccc(S(=O)(=O)O)cc21. The van der Waals surface area contributed by atoms with E-state index >= 15 is 0 Å². The Bertz CT molecular complexity index is 1970. The number of nitrogens with zero attached hydrogens (tertiary/aromatic N) is 2. The van der Waals surface area contributed by atoms with Gasteiger partial charge in [-0.1, -0.05) is 44.2 Å². The second kappa shape index (κ2) is 11.9. The molecule has 0 aliphatic carbocycles. The number of carbonyl (C=O) groups is 2. The molecule has 2 aliphatic rings. The minimum atomic E-state index is -4.46. The summed E-state index contributed by atoms with van der Waals surface area (Å²) in [6, 6.07) is 8.06. The number of hydrogen-bond acceptors (Lipinski definition) is 7. The quantitative estimate of drug-likeness (QED) is 0.164. The Morgan fingerprint density at radius 2 is 1.33 bits per heavy atom. The van der Waals surface area contributed by atoms with Gasteiger partial charge in [0.15, 0.2) is 5.71 Å². The van der Waals surface area contributed by atoms with Crippen LogP contribution in [0.4, 0.5) is 11.4 Å². The lowest BCUT2D eigenvalue weighted by Crippen LogP contribution is -2.30. The van der Waals surface area contributed by atoms with Crippen LogP contribution in [0.2, 0.25) is 0 Å². The normalized spacial score (nSPS) is 18.4. The summed E-state index contributed by atoms with van der Waals surface area (Å²) in [5.74, 6) is -2.17. The highest BCUT2D eigenvalue weighted by Crippen LogP contribution is 2.48. The van der Waals surface area contributed by atoms with E-state index in [1.807, 2.05) is 27.7 Å². The van der Waals surface area contributed by atoms with E-state index in [4.69, 9.17) is 0 Å². The van der Waals surface area contributed by atoms with Crippen LogP contribution in [0.15, 0.2) is 94.4 Å². The summed E-state index contributed by atoms with van der Waals surface area (Å²) in [5, 5.41) is 19.0. The molecule has 0 spiro atoms. The van der Waals surface area contributed by atoms with Crippen molar-refractivity contribution in [3.05, 3.63) is 95.8 Å². The molecule has 0 saturated carbocycles. The van der Waals surface area contributed by atoms with Crippen LogP contribution < -0.4 is 4.90 Å². The first-order valence-corrected chi connectivity index (χ1v) is 16.5. The predicted octanol–water partition coefficient (Wildman–Crippen LogP) is 4.08. The summed E-state index contributed by atoms with van der Waals surface area (Å²) in [7, 11) is -8.92. The van der Waals surface area contributed by atoms with Crippen molar-refractivity contribution < 1.29 is 50.3 Å². The van der Waals surface area contributed by atoms with Gasteiger partial charge in [0.25, 0.3) is 20.2 Å². The summed E-state index contributed by atoms with van der Waals surface area (Å²) in [6.45, 7) is 6.55. The molecule has 0 amide bonds. The topological polar surface area (TPSA) is 190 Å². The van der Waals surface area contributed by atoms with E-state index in [0.717, 1.165) is 0 Å². The summed E-state index contributed by atoms with van der Waals surface area (Å²) in [6.07, 6.45) is 11.9. The van der Waals surface area contributed by atoms with Crippen molar-refractivity contribution in [1.82, 2.24) is 0 Å². The molecule has 0 radical (unpaired) electrons. The monoisotopic (exact) mass is 657 g/mol. The molecule has 12 nitrogen and oxygen atoms in total. The van der Waals surface area contributed by atoms with Crippen LogP contribution in [-0.4, -0.2) is 71.5 Å². The van der Waals surface area contributed by atoms with E-state index in [2.05, 4.69) is 0 Å². The Morgan fingerprint density at radius 1 is 0.778 bits per heavy atom. The van der Waals surface area contributed by atoms with Crippen molar-refractivity contribution in [1.29, 1.82) is 0 Å². The average molecular weight is 658 g/mol. The van der Waals surface area contributed by atoms with E-state index in [9.17, 15) is 45.7 Å². The summed E-state index contributed by atoms with van der Waals surface area (Å²) in [5.41, 5.74) is 1.74. The van der Waals surface area contributed by atoms with Crippen LogP contribution >= 0.6 is 0 Å². The lowest BCUT2D eigenvalue weighted by atomic mass is 9.81. The van der Waals surface area contributed by atoms with E-state index in [-0.39, 0.29) is 22.9 Å². The molecule has 0 fully saturated rings. The number of allylic oxidation sites excluding steroid dienone is 8. The maximum absolute atomic E-state index is 11.7. The van der Waals surface area contributed by atoms with E-state index < -0.39 is 43.0 Å². The summed E-state index contributed by atoms with van der Waals surface area (Å²) in [4.78, 5) is 24.3. The van der Waals surface area contributed by atoms with Gasteiger partial charge >= 0.3 is 11.9 Å². The van der Waals surface area contributed by atoms with Crippen LogP contribution in [0.3, 0.4) is 0 Å². The van der Waals surface area contributed by atoms with Gasteiger partial charge in [-0.3, -0.25) is 13.9 Å². The van der Waals surface area contributed by atoms with Gasteiger partial charge in [-0.05, 0) is 55.8 Å². The Kier molecular flexibility index (Phi) is 8.83. The zero-order chi connectivity index (χ0) is 33.5. The minimum absolute atomic E-state index is 0.289. The molecular formula is C31H33N2O10S2+. The number of carboxylic acids is 2. The van der Waals surface area contributed by atoms with Crippen LogP contribution in [0.25, 0.3) is 0 Å². The molecule has 0 saturated heterocycles. The Morgan fingerprint density at radius 3 is 1.91 bits per heavy atom. The molecule has 2 aromatic carbocycles. The third kappa shape index (κ3) is 6.68. The van der Waals surface area contributed by atoms with Crippen molar-refractivity contribution in [3.8, 4) is 0 Å². The van der Waals surface area contributed by atoms with E-state index in [1.165, 1.54) is 36.4 Å². The van der Waals surface area contributed by atoms with Crippen molar-refractivity contribution in [2.24, 2.45) is 0 Å². The molecule has 0 bridgehead atoms. The Balaban J connectivity index is 1.61. The predicted molar refractivity (Wildman–Crippen MR) is 166 cm³/mol. The maximum atomic E-state index is 11.7. The first kappa shape index (κ1) is 33.5. The van der Waals surface area contributed by atoms with Crippen molar-refractivity contribution in [2.45, 2.75) is 48.3 Å². The highest BCUT2D eigenvalue weighted by Gasteiger charge is 2.45. The Labute approximate surface area is 261 Å². The van der Waals surface area contributed by atoms with Crippen molar-refractivity contribution >= 4 is 49.3 Å². The molecule has 2 aliphatic heterocycles. The number of rotatable bonds is 10. The number of benzene rings is 2. The molecule has 45 heavy (non-hydrogen) atoms. The van der Waals surface area contributed by atoms with Crippen LogP contribution in [0, 0.1) is 0 Å². The second-order valence-corrected chi connectivity index (χ2v) is 14.4. The molecule has 14 heteroatoms. The van der Waals surface area contributed by atoms with Gasteiger partial charge in [0.05, 0.1) is 15.2 Å². The zero-order valence-corrected chi connectivity index (χ0v) is 26.5. The first-order valence-electron chi connectivity index (χ1n) is 13.6. The van der Waals surface area contributed by atoms with Gasteiger partial charge in [0, 0.05) is 34.5 Å². The molecule has 2 aromatic rings. The molecule has 238 valence electrons. The molecule has 4 rings (SSSR count). The fourth-order valence-corrected chi connectivity index (χ4v) is 6.74. The summed E-state index contributed by atoms with van der Waals surface area (Å²) < 4.78 is 67.5. The molecule has 0 unspecified atom stereocenters. The van der Waals surface area contributed by atoms with Gasteiger partial charge < -0.3 is 15.1 Å². The van der Waals surface area contributed by atoms with Gasteiger partial charge in [-0.15, -0.1) is 0 Å². The zero-order valence-electron chi connectivity index (χ0n) is 24.9. The maximum Gasteiger partial charge on any atom is 0.370 e. The molecule has 0 aromatic heterocycles. The molecular weight excluding hydrogens is 624 g/mol. The highest BCUT2D eigenvalue weighted by molar-refractivity contribution is 7.86. The van der Waals surface area contributed by atoms with Gasteiger partial charge in [-0.2, -0.15) is 21.4 Å². The molecule has 0 atom stereocenters. The number of anilines is 1. The Hall–Kier alpha value is -4.37. The summed E-state index contributed by atoms with van der Waals surface area (Å²) >= 11 is 0. The number of carboxylic acid groups (broad SMARTS) is 2. The lowest BCUT2D eigenvalue weighted by molar-refractivity contribution is -0.428. The minimum Gasteiger partial charge on any atom is -0.480 e. The second-order valence-electron chi connectivity index (χ2n) is 11.6. The fourth-order valence-electron chi connectivity index (χ4n) is 5.73. The van der Waals surface area contributed by atoms with Crippen molar-refractivity contribution in [2.75, 3.05) is 18.0 Å². The van der Waals surface area contributed by atoms with Gasteiger partial charge in [0.2, 0.25) is 12.2 Å². The smallest absolute Gasteiger partial charge is 0.370 e. The molecule has 4 N–H and O–H groups in total. The van der Waals surface area contributed by atoms with E-state index in [0.29, 0.717) is 33.9 Å².